The van der Waals surface area contributed by atoms with Crippen LogP contribution in [-0.2, 0) is 17.8 Å². The zero-order valence-electron chi connectivity index (χ0n) is 16.7. The first-order valence-corrected chi connectivity index (χ1v) is 9.39. The molecule has 6 heteroatoms. The Morgan fingerprint density at radius 3 is 2.54 bits per heavy atom. The molecule has 0 saturated heterocycles. The predicted molar refractivity (Wildman–Crippen MR) is 108 cm³/mol. The topological polar surface area (TPSA) is 67.9 Å². The molecule has 0 unspecified atom stereocenters. The number of fused-ring (bicyclic) bond motifs is 1. The Kier molecular flexibility index (Phi) is 5.87. The lowest BCUT2D eigenvalue weighted by Crippen LogP contribution is -2.32. The number of amides is 2. The van der Waals surface area contributed by atoms with Crippen molar-refractivity contribution in [3.8, 4) is 11.5 Å². The van der Waals surface area contributed by atoms with Gasteiger partial charge in [-0.1, -0.05) is 32.0 Å². The number of carbonyl (C=O) groups excluding carboxylic acids is 2. The van der Waals surface area contributed by atoms with Gasteiger partial charge >= 0.3 is 0 Å². The molecule has 2 amide bonds. The number of anilines is 1. The molecule has 0 atom stereocenters. The summed E-state index contributed by atoms with van der Waals surface area (Å²) in [6, 6.07) is 11.1. The lowest BCUT2D eigenvalue weighted by molar-refractivity contribution is -0.121. The molecule has 0 bridgehead atoms. The molecule has 1 aliphatic rings. The minimum atomic E-state index is -0.166. The summed E-state index contributed by atoms with van der Waals surface area (Å²) in [5, 5.41) is 2.96. The summed E-state index contributed by atoms with van der Waals surface area (Å²) in [6.07, 6.45) is 0.680. The molecule has 0 aliphatic carbocycles. The Morgan fingerprint density at radius 1 is 1.11 bits per heavy atom. The van der Waals surface area contributed by atoms with E-state index in [2.05, 4.69) is 5.32 Å². The molecule has 6 nitrogen and oxygen atoms in total. The molecule has 0 saturated carbocycles. The van der Waals surface area contributed by atoms with Crippen LogP contribution >= 0.6 is 0 Å². The second-order valence-corrected chi connectivity index (χ2v) is 7.03. The molecule has 3 rings (SSSR count). The largest absolute Gasteiger partial charge is 0.493 e. The van der Waals surface area contributed by atoms with Crippen LogP contribution in [-0.4, -0.2) is 32.6 Å². The Balaban J connectivity index is 1.80. The maximum absolute atomic E-state index is 12.9. The van der Waals surface area contributed by atoms with E-state index in [-0.39, 0.29) is 17.7 Å². The van der Waals surface area contributed by atoms with Crippen molar-refractivity contribution < 1.29 is 19.1 Å². The van der Waals surface area contributed by atoms with Crippen molar-refractivity contribution in [3.05, 3.63) is 53.1 Å². The summed E-state index contributed by atoms with van der Waals surface area (Å²) in [6.45, 7) is 4.70. The molecule has 0 fully saturated rings. The van der Waals surface area contributed by atoms with Crippen LogP contribution in [0.15, 0.2) is 36.4 Å². The number of benzene rings is 2. The third-order valence-corrected chi connectivity index (χ3v) is 4.96. The summed E-state index contributed by atoms with van der Waals surface area (Å²) >= 11 is 0. The highest BCUT2D eigenvalue weighted by Crippen LogP contribution is 2.33. The van der Waals surface area contributed by atoms with Crippen molar-refractivity contribution in [2.75, 3.05) is 25.7 Å². The van der Waals surface area contributed by atoms with Gasteiger partial charge in [-0.3, -0.25) is 9.59 Å². The van der Waals surface area contributed by atoms with Crippen LogP contribution in [0.4, 0.5) is 5.69 Å². The summed E-state index contributed by atoms with van der Waals surface area (Å²) in [5.74, 6) is 1.07. The number of nitrogens with zero attached hydrogens (tertiary/aromatic N) is 1. The molecule has 148 valence electrons. The number of hydrogen-bond donors (Lipinski definition) is 1. The highest BCUT2D eigenvalue weighted by Gasteiger charge is 2.29. The van der Waals surface area contributed by atoms with Gasteiger partial charge in [0.1, 0.15) is 0 Å². The first-order chi connectivity index (χ1) is 13.5. The summed E-state index contributed by atoms with van der Waals surface area (Å²) < 4.78 is 10.7. The van der Waals surface area contributed by atoms with Crippen LogP contribution in [0.25, 0.3) is 0 Å². The first-order valence-electron chi connectivity index (χ1n) is 9.39. The number of hydrogen-bond acceptors (Lipinski definition) is 4. The number of nitrogens with one attached hydrogen (secondary N) is 1. The van der Waals surface area contributed by atoms with Crippen LogP contribution in [0.3, 0.4) is 0 Å². The fraction of sp³-hybridized carbons (Fsp3) is 0.364. The van der Waals surface area contributed by atoms with E-state index in [1.165, 1.54) is 0 Å². The highest BCUT2D eigenvalue weighted by atomic mass is 16.5. The second-order valence-electron chi connectivity index (χ2n) is 7.03. The zero-order valence-corrected chi connectivity index (χ0v) is 16.7. The number of carbonyl (C=O) groups is 2. The van der Waals surface area contributed by atoms with E-state index in [0.29, 0.717) is 36.6 Å². The van der Waals surface area contributed by atoms with E-state index in [0.717, 1.165) is 16.8 Å². The minimum Gasteiger partial charge on any atom is -0.493 e. The average molecular weight is 382 g/mol. The van der Waals surface area contributed by atoms with Crippen LogP contribution in [0.1, 0.15) is 35.3 Å². The third-order valence-electron chi connectivity index (χ3n) is 4.96. The van der Waals surface area contributed by atoms with Crippen molar-refractivity contribution in [2.45, 2.75) is 26.8 Å². The Morgan fingerprint density at radius 2 is 1.86 bits per heavy atom. The van der Waals surface area contributed by atoms with Crippen LogP contribution in [0.2, 0.25) is 0 Å². The van der Waals surface area contributed by atoms with Gasteiger partial charge in [-0.05, 0) is 30.2 Å². The fourth-order valence-corrected chi connectivity index (χ4v) is 3.55. The van der Waals surface area contributed by atoms with Gasteiger partial charge in [-0.25, -0.2) is 0 Å². The SMILES string of the molecule is COc1cccc(CNC(=O)c2cccc3c2CCN3C(=O)C(C)C)c1OC. The summed E-state index contributed by atoms with van der Waals surface area (Å²) in [5.41, 5.74) is 3.20. The lowest BCUT2D eigenvalue weighted by Gasteiger charge is -2.20. The van der Waals surface area contributed by atoms with E-state index in [1.54, 1.807) is 25.2 Å². The molecule has 2 aromatic rings. The van der Waals surface area contributed by atoms with Crippen molar-refractivity contribution in [1.82, 2.24) is 5.32 Å². The van der Waals surface area contributed by atoms with Gasteiger partial charge in [-0.2, -0.15) is 0 Å². The van der Waals surface area contributed by atoms with Crippen LogP contribution in [0, 0.1) is 5.92 Å². The zero-order chi connectivity index (χ0) is 20.3. The number of rotatable bonds is 6. The predicted octanol–water partition coefficient (Wildman–Crippen LogP) is 3.18. The lowest BCUT2D eigenvalue weighted by atomic mass is 10.0. The summed E-state index contributed by atoms with van der Waals surface area (Å²) in [7, 11) is 3.16. The van der Waals surface area contributed by atoms with Gasteiger partial charge in [-0.15, -0.1) is 0 Å². The monoisotopic (exact) mass is 382 g/mol. The van der Waals surface area contributed by atoms with Gasteiger partial charge in [0.05, 0.1) is 14.2 Å². The van der Waals surface area contributed by atoms with Gasteiger partial charge in [0.25, 0.3) is 5.91 Å². The molecule has 2 aromatic carbocycles. The van der Waals surface area contributed by atoms with Crippen LogP contribution in [0.5, 0.6) is 11.5 Å². The third kappa shape index (κ3) is 3.67. The molecule has 28 heavy (non-hydrogen) atoms. The highest BCUT2D eigenvalue weighted by molar-refractivity contribution is 6.02. The second kappa shape index (κ2) is 8.33. The number of methoxy groups -OCH3 is 2. The normalized spacial score (nSPS) is 12.7. The standard InChI is InChI=1S/C22H26N2O4/c1-14(2)22(26)24-12-11-16-17(8-6-9-18(16)24)21(25)23-13-15-7-5-10-19(27-3)20(15)28-4/h5-10,14H,11-13H2,1-4H3,(H,23,25). The molecule has 0 radical (unpaired) electrons. The van der Waals surface area contributed by atoms with Gasteiger partial charge < -0.3 is 19.7 Å². The van der Waals surface area contributed by atoms with Crippen molar-refractivity contribution in [2.24, 2.45) is 5.92 Å². The molecular formula is C22H26N2O4. The molecule has 0 aromatic heterocycles. The summed E-state index contributed by atoms with van der Waals surface area (Å²) in [4.78, 5) is 27.1. The Hall–Kier alpha value is -3.02. The molecule has 1 aliphatic heterocycles. The van der Waals surface area contributed by atoms with E-state index >= 15 is 0 Å². The van der Waals surface area contributed by atoms with Gasteiger partial charge in [0, 0.05) is 35.8 Å². The molecule has 1 heterocycles. The van der Waals surface area contributed by atoms with E-state index < -0.39 is 0 Å². The van der Waals surface area contributed by atoms with Crippen molar-refractivity contribution >= 4 is 17.5 Å². The van der Waals surface area contributed by atoms with Crippen LogP contribution < -0.4 is 19.7 Å². The number of para-hydroxylation sites is 1. The fourth-order valence-electron chi connectivity index (χ4n) is 3.55. The maximum atomic E-state index is 12.9. The van der Waals surface area contributed by atoms with Gasteiger partial charge in [0.2, 0.25) is 5.91 Å². The number of ether oxygens (including phenoxy) is 2. The average Bonchev–Trinajstić information content (AvgIpc) is 3.14. The quantitative estimate of drug-likeness (QED) is 0.833. The maximum Gasteiger partial charge on any atom is 0.251 e. The Bertz CT molecular complexity index is 892. The molecular weight excluding hydrogens is 356 g/mol. The van der Waals surface area contributed by atoms with E-state index in [4.69, 9.17) is 9.47 Å². The van der Waals surface area contributed by atoms with Crippen molar-refractivity contribution in [1.29, 1.82) is 0 Å². The smallest absolute Gasteiger partial charge is 0.251 e. The van der Waals surface area contributed by atoms with Crippen molar-refractivity contribution in [3.63, 3.8) is 0 Å². The Labute approximate surface area is 165 Å². The van der Waals surface area contributed by atoms with Gasteiger partial charge in [0.15, 0.2) is 11.5 Å². The van der Waals surface area contributed by atoms with E-state index in [1.807, 2.05) is 44.2 Å². The molecule has 1 N–H and O–H groups in total. The first kappa shape index (κ1) is 19.7. The molecule has 0 spiro atoms. The van der Waals surface area contributed by atoms with E-state index in [9.17, 15) is 9.59 Å². The minimum absolute atomic E-state index is 0.0797.